The molecule has 1 N–H and O–H groups in total. The summed E-state index contributed by atoms with van der Waals surface area (Å²) < 4.78 is 0. The van der Waals surface area contributed by atoms with Gasteiger partial charge in [-0.25, -0.2) is 0 Å². The highest BCUT2D eigenvalue weighted by Gasteiger charge is 2.31. The molecule has 0 aliphatic carbocycles. The maximum Gasteiger partial charge on any atom is 0.154 e. The Hall–Kier alpha value is -1.84. The molecule has 0 aromatic heterocycles. The van der Waals surface area contributed by atoms with Gasteiger partial charge in [0, 0.05) is 28.9 Å². The topological polar surface area (TPSA) is 35.8 Å². The summed E-state index contributed by atoms with van der Waals surface area (Å²) in [6, 6.07) is 15.6. The van der Waals surface area contributed by atoms with E-state index in [0.717, 1.165) is 22.5 Å². The molecule has 0 saturated carbocycles. The van der Waals surface area contributed by atoms with Crippen LogP contribution in [0.3, 0.4) is 0 Å². The molecule has 1 unspecified atom stereocenters. The van der Waals surface area contributed by atoms with E-state index >= 15 is 0 Å². The molecule has 0 radical (unpaired) electrons. The molecule has 21 heavy (non-hydrogen) atoms. The van der Waals surface area contributed by atoms with Crippen molar-refractivity contribution in [1.82, 2.24) is 0 Å². The van der Waals surface area contributed by atoms with Crippen LogP contribution in [0.4, 0.5) is 5.69 Å². The van der Waals surface area contributed by atoms with E-state index in [1.807, 2.05) is 60.5 Å². The monoisotopic (exact) mass is 300 g/mol. The third-order valence-corrected chi connectivity index (χ3v) is 4.12. The minimum Gasteiger partial charge on any atom is -0.369 e. The highest BCUT2D eigenvalue weighted by Crippen LogP contribution is 2.32. The number of rotatable bonds is 1. The fourth-order valence-electron chi connectivity index (χ4n) is 2.51. The Balaban J connectivity index is 2.24. The van der Waals surface area contributed by atoms with Gasteiger partial charge in [-0.2, -0.15) is 0 Å². The van der Waals surface area contributed by atoms with Crippen LogP contribution in [0, 0.1) is 0 Å². The molecular formula is C17H17ClN2O. The molecule has 0 spiro atoms. The van der Waals surface area contributed by atoms with Gasteiger partial charge in [0.2, 0.25) is 0 Å². The van der Waals surface area contributed by atoms with Crippen LogP contribution in [0.2, 0.25) is 5.02 Å². The number of benzene rings is 2. The van der Waals surface area contributed by atoms with Crippen LogP contribution in [-0.2, 0) is 0 Å². The maximum absolute atomic E-state index is 10.6. The molecule has 0 fully saturated rings. The van der Waals surface area contributed by atoms with Crippen molar-refractivity contribution in [3.8, 4) is 0 Å². The Morgan fingerprint density at radius 1 is 1.19 bits per heavy atom. The van der Waals surface area contributed by atoms with Gasteiger partial charge >= 0.3 is 0 Å². The number of hydrogen-bond donors (Lipinski definition) is 1. The smallest absolute Gasteiger partial charge is 0.154 e. The quantitative estimate of drug-likeness (QED) is 0.877. The van der Waals surface area contributed by atoms with E-state index in [1.165, 1.54) is 0 Å². The Labute approximate surface area is 129 Å². The lowest BCUT2D eigenvalue weighted by Crippen LogP contribution is -2.46. The van der Waals surface area contributed by atoms with Crippen LogP contribution >= 0.6 is 11.6 Å². The molecule has 0 amide bonds. The Morgan fingerprint density at radius 2 is 1.90 bits per heavy atom. The Kier molecular flexibility index (Phi) is 3.47. The molecule has 0 saturated heterocycles. The summed E-state index contributed by atoms with van der Waals surface area (Å²) in [7, 11) is 1.87. The van der Waals surface area contributed by atoms with Gasteiger partial charge in [-0.3, -0.25) is 4.99 Å². The van der Waals surface area contributed by atoms with Crippen molar-refractivity contribution in [2.75, 3.05) is 18.5 Å². The number of hydrogen-bond acceptors (Lipinski definition) is 3. The van der Waals surface area contributed by atoms with Crippen LogP contribution in [0.1, 0.15) is 18.1 Å². The van der Waals surface area contributed by atoms with Crippen molar-refractivity contribution < 1.29 is 5.11 Å². The number of anilines is 1. The lowest BCUT2D eigenvalue weighted by molar-refractivity contribution is 0.0715. The van der Waals surface area contributed by atoms with E-state index in [-0.39, 0.29) is 0 Å². The first-order valence-electron chi connectivity index (χ1n) is 6.85. The SMILES string of the molecule is CN1c2ccc(Cl)cc2C(c2ccccc2)=NCC1(C)O. The molecule has 4 heteroatoms. The third-order valence-electron chi connectivity index (χ3n) is 3.88. The molecular weight excluding hydrogens is 284 g/mol. The number of aliphatic imine (C=N–C) groups is 1. The predicted molar refractivity (Wildman–Crippen MR) is 87.4 cm³/mol. The van der Waals surface area contributed by atoms with Crippen molar-refractivity contribution in [2.24, 2.45) is 4.99 Å². The van der Waals surface area contributed by atoms with Gasteiger partial charge in [-0.15, -0.1) is 0 Å². The maximum atomic E-state index is 10.6. The van der Waals surface area contributed by atoms with Gasteiger partial charge in [-0.05, 0) is 25.1 Å². The average molecular weight is 301 g/mol. The number of likely N-dealkylation sites (N-methyl/N-ethyl adjacent to an activating group) is 1. The minimum atomic E-state index is -1.03. The number of aliphatic hydroxyl groups is 1. The standard InChI is InChI=1S/C17H17ClN2O/c1-17(21)11-19-16(12-6-4-3-5-7-12)14-10-13(18)8-9-15(14)20(17)2/h3-10,21H,11H2,1-2H3. The zero-order valence-corrected chi connectivity index (χ0v) is 12.8. The largest absolute Gasteiger partial charge is 0.369 e. The van der Waals surface area contributed by atoms with Crippen molar-refractivity contribution >= 4 is 23.0 Å². The third kappa shape index (κ3) is 2.55. The molecule has 2 aromatic rings. The highest BCUT2D eigenvalue weighted by atomic mass is 35.5. The van der Waals surface area contributed by atoms with Gasteiger partial charge in [0.1, 0.15) is 0 Å². The van der Waals surface area contributed by atoms with Gasteiger partial charge in [0.05, 0.1) is 12.3 Å². The van der Waals surface area contributed by atoms with Crippen molar-refractivity contribution in [1.29, 1.82) is 0 Å². The number of halogens is 1. The molecule has 3 rings (SSSR count). The summed E-state index contributed by atoms with van der Waals surface area (Å²) in [6.45, 7) is 2.07. The number of nitrogens with zero attached hydrogens (tertiary/aromatic N) is 2. The summed E-state index contributed by atoms with van der Waals surface area (Å²) in [5.74, 6) is 0. The number of fused-ring (bicyclic) bond motifs is 1. The second kappa shape index (κ2) is 5.17. The van der Waals surface area contributed by atoms with Gasteiger partial charge in [0.15, 0.2) is 5.72 Å². The van der Waals surface area contributed by atoms with Crippen molar-refractivity contribution in [3.05, 3.63) is 64.7 Å². The van der Waals surface area contributed by atoms with Gasteiger partial charge in [0.25, 0.3) is 0 Å². The van der Waals surface area contributed by atoms with Gasteiger partial charge in [-0.1, -0.05) is 41.9 Å². The van der Waals surface area contributed by atoms with Crippen LogP contribution in [-0.4, -0.2) is 30.1 Å². The first-order chi connectivity index (χ1) is 9.99. The lowest BCUT2D eigenvalue weighted by Gasteiger charge is -2.33. The van der Waals surface area contributed by atoms with Crippen LogP contribution < -0.4 is 4.90 Å². The highest BCUT2D eigenvalue weighted by molar-refractivity contribution is 6.31. The van der Waals surface area contributed by atoms with E-state index in [9.17, 15) is 5.11 Å². The molecule has 1 heterocycles. The summed E-state index contributed by atoms with van der Waals surface area (Å²) >= 11 is 6.17. The van der Waals surface area contributed by atoms with E-state index in [0.29, 0.717) is 11.6 Å². The summed E-state index contributed by atoms with van der Waals surface area (Å²) in [5, 5.41) is 11.2. The summed E-state index contributed by atoms with van der Waals surface area (Å²) in [6.07, 6.45) is 0. The molecule has 1 aliphatic rings. The Morgan fingerprint density at radius 3 is 2.62 bits per heavy atom. The normalized spacial score (nSPS) is 21.5. The summed E-state index contributed by atoms with van der Waals surface area (Å²) in [5.41, 5.74) is 2.71. The number of benzodiazepines with no additional fused rings is 1. The van der Waals surface area contributed by atoms with Crippen LogP contribution in [0.15, 0.2) is 53.5 Å². The van der Waals surface area contributed by atoms with E-state index in [4.69, 9.17) is 11.6 Å². The van der Waals surface area contributed by atoms with E-state index in [1.54, 1.807) is 6.92 Å². The fourth-order valence-corrected chi connectivity index (χ4v) is 2.68. The van der Waals surface area contributed by atoms with Gasteiger partial charge < -0.3 is 10.0 Å². The van der Waals surface area contributed by atoms with E-state index in [2.05, 4.69) is 4.99 Å². The van der Waals surface area contributed by atoms with Crippen LogP contribution in [0.25, 0.3) is 0 Å². The fraction of sp³-hybridized carbons (Fsp3) is 0.235. The first-order valence-corrected chi connectivity index (χ1v) is 7.23. The predicted octanol–water partition coefficient (Wildman–Crippen LogP) is 3.34. The van der Waals surface area contributed by atoms with Crippen LogP contribution in [0.5, 0.6) is 0 Å². The molecule has 108 valence electrons. The second-order valence-electron chi connectivity index (χ2n) is 5.47. The second-order valence-corrected chi connectivity index (χ2v) is 5.90. The average Bonchev–Trinajstić information content (AvgIpc) is 2.56. The first kappa shape index (κ1) is 14.1. The summed E-state index contributed by atoms with van der Waals surface area (Å²) in [4.78, 5) is 6.49. The zero-order valence-electron chi connectivity index (χ0n) is 12.0. The molecule has 1 atom stereocenters. The zero-order chi connectivity index (χ0) is 15.0. The minimum absolute atomic E-state index is 0.306. The molecule has 0 bridgehead atoms. The molecule has 3 nitrogen and oxygen atoms in total. The van der Waals surface area contributed by atoms with E-state index < -0.39 is 5.72 Å². The van der Waals surface area contributed by atoms with Crippen molar-refractivity contribution in [2.45, 2.75) is 12.6 Å². The molecule has 2 aromatic carbocycles. The van der Waals surface area contributed by atoms with Crippen molar-refractivity contribution in [3.63, 3.8) is 0 Å². The lowest BCUT2D eigenvalue weighted by atomic mass is 10.0. The Bertz CT molecular complexity index is 695. The molecule has 1 aliphatic heterocycles.